The van der Waals surface area contributed by atoms with Crippen molar-refractivity contribution in [3.8, 4) is 0 Å². The Morgan fingerprint density at radius 2 is 1.65 bits per heavy atom. The highest BCUT2D eigenvalue weighted by molar-refractivity contribution is 5.77. The van der Waals surface area contributed by atoms with E-state index in [9.17, 15) is 9.59 Å². The number of hydrogen-bond donors (Lipinski definition) is 2. The Morgan fingerprint density at radius 3 is 2.05 bits per heavy atom. The van der Waals surface area contributed by atoms with Gasteiger partial charge in [0.2, 0.25) is 5.91 Å². The summed E-state index contributed by atoms with van der Waals surface area (Å²) in [4.78, 5) is 23.2. The first-order valence-corrected chi connectivity index (χ1v) is 7.52. The second-order valence-corrected chi connectivity index (χ2v) is 5.93. The van der Waals surface area contributed by atoms with Crippen LogP contribution < -0.4 is 5.84 Å². The van der Waals surface area contributed by atoms with Crippen molar-refractivity contribution in [3.05, 3.63) is 0 Å². The number of nitrogens with zero attached hydrogens (tertiary/aromatic N) is 1. The standard InChI is InChI=1S/C15H30N2O3/c1-6-10(3)8-14(18)17(16)13(9-15(19)20)12(5)11(4)7-2/h10-13H,6-9,16H2,1-5H3,(H,19,20). The highest BCUT2D eigenvalue weighted by atomic mass is 16.4. The zero-order valence-electron chi connectivity index (χ0n) is 13.4. The van der Waals surface area contributed by atoms with E-state index in [1.165, 1.54) is 0 Å². The predicted octanol–water partition coefficient (Wildman–Crippen LogP) is 2.65. The lowest BCUT2D eigenvalue weighted by Crippen LogP contribution is -2.51. The highest BCUT2D eigenvalue weighted by Crippen LogP contribution is 2.24. The molecular weight excluding hydrogens is 256 g/mol. The normalized spacial score (nSPS) is 17.1. The molecule has 0 spiro atoms. The molecule has 0 heterocycles. The molecule has 20 heavy (non-hydrogen) atoms. The third-order valence-corrected chi connectivity index (χ3v) is 4.40. The van der Waals surface area contributed by atoms with Crippen LogP contribution in [-0.2, 0) is 9.59 Å². The van der Waals surface area contributed by atoms with Gasteiger partial charge in [0.25, 0.3) is 0 Å². The lowest BCUT2D eigenvalue weighted by Gasteiger charge is -2.34. The Labute approximate surface area is 122 Å². The first kappa shape index (κ1) is 18.9. The first-order valence-electron chi connectivity index (χ1n) is 7.52. The number of nitrogens with two attached hydrogens (primary N) is 1. The van der Waals surface area contributed by atoms with Crippen molar-refractivity contribution < 1.29 is 14.7 Å². The average molecular weight is 286 g/mol. The number of rotatable bonds is 9. The van der Waals surface area contributed by atoms with Crippen LogP contribution in [0.1, 0.15) is 60.3 Å². The number of hydrazine groups is 1. The molecule has 0 rings (SSSR count). The summed E-state index contributed by atoms with van der Waals surface area (Å²) in [6.45, 7) is 10.1. The van der Waals surface area contributed by atoms with E-state index in [-0.39, 0.29) is 24.2 Å². The number of hydrogen-bond acceptors (Lipinski definition) is 3. The molecule has 0 fully saturated rings. The number of carboxylic acids is 1. The summed E-state index contributed by atoms with van der Waals surface area (Å²) in [5.41, 5.74) is 0. The van der Waals surface area contributed by atoms with E-state index >= 15 is 0 Å². The second-order valence-electron chi connectivity index (χ2n) is 5.93. The van der Waals surface area contributed by atoms with Crippen LogP contribution in [0.15, 0.2) is 0 Å². The molecule has 5 heteroatoms. The number of carbonyl (C=O) groups is 2. The topological polar surface area (TPSA) is 83.6 Å². The van der Waals surface area contributed by atoms with Crippen LogP contribution in [0.2, 0.25) is 0 Å². The maximum absolute atomic E-state index is 12.2. The van der Waals surface area contributed by atoms with Crippen LogP contribution in [-0.4, -0.2) is 28.0 Å². The largest absolute Gasteiger partial charge is 0.481 e. The van der Waals surface area contributed by atoms with Crippen LogP contribution in [0, 0.1) is 17.8 Å². The average Bonchev–Trinajstić information content (AvgIpc) is 2.41. The van der Waals surface area contributed by atoms with E-state index in [2.05, 4.69) is 13.8 Å². The molecule has 4 unspecified atom stereocenters. The molecule has 0 aliphatic heterocycles. The van der Waals surface area contributed by atoms with Crippen molar-refractivity contribution in [2.24, 2.45) is 23.6 Å². The van der Waals surface area contributed by atoms with Gasteiger partial charge in [0.15, 0.2) is 0 Å². The van der Waals surface area contributed by atoms with Gasteiger partial charge in [0.05, 0.1) is 12.5 Å². The van der Waals surface area contributed by atoms with Crippen molar-refractivity contribution in [1.29, 1.82) is 0 Å². The summed E-state index contributed by atoms with van der Waals surface area (Å²) < 4.78 is 0. The van der Waals surface area contributed by atoms with Crippen molar-refractivity contribution in [1.82, 2.24) is 5.01 Å². The molecule has 3 N–H and O–H groups in total. The molecule has 5 nitrogen and oxygen atoms in total. The maximum atomic E-state index is 12.2. The van der Waals surface area contributed by atoms with Gasteiger partial charge in [0.1, 0.15) is 0 Å². The summed E-state index contributed by atoms with van der Waals surface area (Å²) in [6, 6.07) is -0.445. The van der Waals surface area contributed by atoms with Gasteiger partial charge >= 0.3 is 5.97 Å². The van der Waals surface area contributed by atoms with Crippen LogP contribution in [0.3, 0.4) is 0 Å². The minimum Gasteiger partial charge on any atom is -0.481 e. The summed E-state index contributed by atoms with van der Waals surface area (Å²) >= 11 is 0. The third-order valence-electron chi connectivity index (χ3n) is 4.40. The molecule has 0 saturated heterocycles. The molecule has 0 aromatic heterocycles. The number of amides is 1. The van der Waals surface area contributed by atoms with Gasteiger partial charge in [-0.3, -0.25) is 14.6 Å². The van der Waals surface area contributed by atoms with E-state index < -0.39 is 12.0 Å². The number of aliphatic carboxylic acids is 1. The second kappa shape index (κ2) is 8.95. The van der Waals surface area contributed by atoms with Gasteiger partial charge in [-0.1, -0.05) is 47.5 Å². The summed E-state index contributed by atoms with van der Waals surface area (Å²) in [5, 5.41) is 10.2. The SMILES string of the molecule is CCC(C)CC(=O)N(N)C(CC(=O)O)C(C)C(C)CC. The smallest absolute Gasteiger partial charge is 0.305 e. The van der Waals surface area contributed by atoms with E-state index in [1.807, 2.05) is 20.8 Å². The van der Waals surface area contributed by atoms with Crippen LogP contribution in [0.4, 0.5) is 0 Å². The molecular formula is C15H30N2O3. The first-order chi connectivity index (χ1) is 9.24. The maximum Gasteiger partial charge on any atom is 0.305 e. The monoisotopic (exact) mass is 286 g/mol. The molecule has 0 saturated carbocycles. The van der Waals surface area contributed by atoms with E-state index in [0.29, 0.717) is 12.3 Å². The molecule has 0 aromatic carbocycles. The molecule has 0 aliphatic rings. The van der Waals surface area contributed by atoms with Gasteiger partial charge in [-0.2, -0.15) is 0 Å². The van der Waals surface area contributed by atoms with Gasteiger partial charge < -0.3 is 5.11 Å². The summed E-state index contributed by atoms with van der Waals surface area (Å²) in [5.74, 6) is 5.48. The minimum absolute atomic E-state index is 0.0574. The summed E-state index contributed by atoms with van der Waals surface area (Å²) in [6.07, 6.45) is 2.11. The highest BCUT2D eigenvalue weighted by Gasteiger charge is 2.31. The Bertz CT molecular complexity index is 320. The molecule has 4 atom stereocenters. The van der Waals surface area contributed by atoms with Crippen LogP contribution in [0.25, 0.3) is 0 Å². The van der Waals surface area contributed by atoms with Crippen LogP contribution in [0.5, 0.6) is 0 Å². The molecule has 0 radical (unpaired) electrons. The number of carbonyl (C=O) groups excluding carboxylic acids is 1. The lowest BCUT2D eigenvalue weighted by atomic mass is 9.85. The van der Waals surface area contributed by atoms with Gasteiger partial charge in [-0.15, -0.1) is 0 Å². The molecule has 1 amide bonds. The molecule has 0 bridgehead atoms. The lowest BCUT2D eigenvalue weighted by molar-refractivity contribution is -0.143. The molecule has 0 aliphatic carbocycles. The zero-order valence-corrected chi connectivity index (χ0v) is 13.4. The molecule has 0 aromatic rings. The Balaban J connectivity index is 4.92. The van der Waals surface area contributed by atoms with E-state index in [0.717, 1.165) is 17.9 Å². The third kappa shape index (κ3) is 5.90. The van der Waals surface area contributed by atoms with Crippen molar-refractivity contribution in [3.63, 3.8) is 0 Å². The fourth-order valence-corrected chi connectivity index (χ4v) is 2.20. The van der Waals surface area contributed by atoms with Crippen molar-refractivity contribution in [2.75, 3.05) is 0 Å². The Kier molecular flexibility index (Phi) is 8.46. The fraction of sp³-hybridized carbons (Fsp3) is 0.867. The fourth-order valence-electron chi connectivity index (χ4n) is 2.20. The Morgan fingerprint density at radius 1 is 1.10 bits per heavy atom. The zero-order chi connectivity index (χ0) is 15.9. The number of carboxylic acid groups (broad SMARTS) is 1. The molecule has 118 valence electrons. The van der Waals surface area contributed by atoms with Gasteiger partial charge in [-0.05, 0) is 17.8 Å². The van der Waals surface area contributed by atoms with E-state index in [4.69, 9.17) is 10.9 Å². The van der Waals surface area contributed by atoms with Gasteiger partial charge in [0, 0.05) is 6.42 Å². The van der Waals surface area contributed by atoms with Gasteiger partial charge in [-0.25, -0.2) is 5.84 Å². The predicted molar refractivity (Wildman–Crippen MR) is 79.8 cm³/mol. The van der Waals surface area contributed by atoms with Crippen molar-refractivity contribution in [2.45, 2.75) is 66.3 Å². The Hall–Kier alpha value is -1.10. The quantitative estimate of drug-likeness (QED) is 0.388. The van der Waals surface area contributed by atoms with Crippen molar-refractivity contribution >= 4 is 11.9 Å². The van der Waals surface area contributed by atoms with Crippen LogP contribution >= 0.6 is 0 Å². The summed E-state index contributed by atoms with van der Waals surface area (Å²) in [7, 11) is 0. The minimum atomic E-state index is -0.919. The van der Waals surface area contributed by atoms with E-state index in [1.54, 1.807) is 0 Å².